The Kier molecular flexibility index (Phi) is 5.62. The van der Waals surface area contributed by atoms with Crippen LogP contribution < -0.4 is 4.90 Å². The lowest BCUT2D eigenvalue weighted by Gasteiger charge is -2.23. The number of amides is 1. The van der Waals surface area contributed by atoms with Crippen LogP contribution in [0.25, 0.3) is 0 Å². The minimum atomic E-state index is -3.49. The van der Waals surface area contributed by atoms with Gasteiger partial charge in [-0.2, -0.15) is 0 Å². The smallest absolute Gasteiger partial charge is 0.228 e. The Labute approximate surface area is 142 Å². The summed E-state index contributed by atoms with van der Waals surface area (Å²) in [6.07, 6.45) is -0.111. The van der Waals surface area contributed by atoms with Crippen LogP contribution in [0.4, 0.5) is 5.69 Å². The van der Waals surface area contributed by atoms with E-state index in [2.05, 4.69) is 0 Å². The van der Waals surface area contributed by atoms with Gasteiger partial charge in [0.25, 0.3) is 0 Å². The molecule has 0 unspecified atom stereocenters. The van der Waals surface area contributed by atoms with E-state index < -0.39 is 9.84 Å². The molecule has 0 aromatic heterocycles. The Morgan fingerprint density at radius 2 is 1.79 bits per heavy atom. The number of phenols is 1. The van der Waals surface area contributed by atoms with Gasteiger partial charge in [0, 0.05) is 19.0 Å². The number of carbonyl (C=O) groups excluding carboxylic acids is 1. The second kappa shape index (κ2) is 7.49. The summed E-state index contributed by atoms with van der Waals surface area (Å²) in [7, 11) is -3.49. The molecule has 0 aliphatic rings. The van der Waals surface area contributed by atoms with Crippen molar-refractivity contribution in [2.24, 2.45) is 0 Å². The highest BCUT2D eigenvalue weighted by atomic mass is 32.2. The molecule has 2 aromatic rings. The summed E-state index contributed by atoms with van der Waals surface area (Å²) in [5, 5.41) is 9.64. The monoisotopic (exact) mass is 347 g/mol. The highest BCUT2D eigenvalue weighted by molar-refractivity contribution is 7.91. The number of carbonyl (C=O) groups is 1. The molecule has 0 radical (unpaired) electrons. The second-order valence-corrected chi connectivity index (χ2v) is 7.60. The van der Waals surface area contributed by atoms with Gasteiger partial charge in [0.1, 0.15) is 5.75 Å². The Hall–Kier alpha value is -2.34. The van der Waals surface area contributed by atoms with Crippen LogP contribution in [0.5, 0.6) is 5.75 Å². The number of aromatic hydroxyl groups is 1. The third-order valence-electron chi connectivity index (χ3n) is 3.79. The van der Waals surface area contributed by atoms with Crippen LogP contribution in [0.3, 0.4) is 0 Å². The standard InChI is InChI=1S/C18H21NO4S/c1-3-19(17-13-15(20)10-9-14(17)2)18(21)11-12-24(22,23)16-7-5-4-6-8-16/h4-10,13,20H,3,11-12H2,1-2H3. The minimum absolute atomic E-state index is 0.0683. The summed E-state index contributed by atoms with van der Waals surface area (Å²) in [6, 6.07) is 12.9. The van der Waals surface area contributed by atoms with Gasteiger partial charge in [0.05, 0.1) is 16.3 Å². The van der Waals surface area contributed by atoms with E-state index in [9.17, 15) is 18.3 Å². The van der Waals surface area contributed by atoms with Gasteiger partial charge in [-0.25, -0.2) is 8.42 Å². The molecule has 0 aliphatic heterocycles. The third-order valence-corrected chi connectivity index (χ3v) is 5.52. The highest BCUT2D eigenvalue weighted by Crippen LogP contribution is 2.25. The maximum absolute atomic E-state index is 12.5. The van der Waals surface area contributed by atoms with Crippen LogP contribution in [0, 0.1) is 6.92 Å². The molecule has 0 saturated heterocycles. The average Bonchev–Trinajstić information content (AvgIpc) is 2.57. The van der Waals surface area contributed by atoms with Crippen molar-refractivity contribution >= 4 is 21.4 Å². The van der Waals surface area contributed by atoms with E-state index in [0.717, 1.165) is 5.56 Å². The molecule has 1 amide bonds. The molecule has 24 heavy (non-hydrogen) atoms. The van der Waals surface area contributed by atoms with Crippen molar-refractivity contribution in [3.63, 3.8) is 0 Å². The van der Waals surface area contributed by atoms with Crippen molar-refractivity contribution in [3.8, 4) is 5.75 Å². The number of sulfone groups is 1. The summed E-state index contributed by atoms with van der Waals surface area (Å²) in [4.78, 5) is 14.2. The molecular formula is C18H21NO4S. The predicted octanol–water partition coefficient (Wildman–Crippen LogP) is 2.92. The minimum Gasteiger partial charge on any atom is -0.508 e. The zero-order chi connectivity index (χ0) is 17.7. The van der Waals surface area contributed by atoms with E-state index in [0.29, 0.717) is 12.2 Å². The normalized spacial score (nSPS) is 11.2. The van der Waals surface area contributed by atoms with Gasteiger partial charge in [-0.05, 0) is 37.6 Å². The largest absolute Gasteiger partial charge is 0.508 e. The molecule has 0 atom stereocenters. The number of benzene rings is 2. The van der Waals surface area contributed by atoms with Crippen molar-refractivity contribution in [2.45, 2.75) is 25.2 Å². The summed E-state index contributed by atoms with van der Waals surface area (Å²) < 4.78 is 24.6. The van der Waals surface area contributed by atoms with E-state index in [1.807, 2.05) is 13.8 Å². The fourth-order valence-corrected chi connectivity index (χ4v) is 3.72. The fourth-order valence-electron chi connectivity index (χ4n) is 2.47. The summed E-state index contributed by atoms with van der Waals surface area (Å²) in [6.45, 7) is 4.05. The first-order valence-corrected chi connectivity index (χ1v) is 9.38. The number of rotatable bonds is 6. The predicted molar refractivity (Wildman–Crippen MR) is 94.0 cm³/mol. The van der Waals surface area contributed by atoms with Crippen molar-refractivity contribution in [3.05, 3.63) is 54.1 Å². The molecule has 5 nitrogen and oxygen atoms in total. The highest BCUT2D eigenvalue weighted by Gasteiger charge is 2.21. The zero-order valence-electron chi connectivity index (χ0n) is 13.8. The first-order valence-electron chi connectivity index (χ1n) is 7.73. The maximum atomic E-state index is 12.5. The van der Waals surface area contributed by atoms with E-state index >= 15 is 0 Å². The van der Waals surface area contributed by atoms with Crippen molar-refractivity contribution in [2.75, 3.05) is 17.2 Å². The SMILES string of the molecule is CCN(C(=O)CCS(=O)(=O)c1ccccc1)c1cc(O)ccc1C. The Morgan fingerprint density at radius 1 is 1.12 bits per heavy atom. The van der Waals surface area contributed by atoms with Gasteiger partial charge in [-0.1, -0.05) is 24.3 Å². The molecule has 0 fully saturated rings. The van der Waals surface area contributed by atoms with Crippen LogP contribution in [-0.2, 0) is 14.6 Å². The lowest BCUT2D eigenvalue weighted by molar-refractivity contribution is -0.118. The number of phenolic OH excluding ortho intramolecular Hbond substituents is 1. The van der Waals surface area contributed by atoms with Gasteiger partial charge in [-0.3, -0.25) is 4.79 Å². The van der Waals surface area contributed by atoms with Gasteiger partial charge < -0.3 is 10.0 Å². The van der Waals surface area contributed by atoms with Crippen LogP contribution in [0.15, 0.2) is 53.4 Å². The van der Waals surface area contributed by atoms with Crippen LogP contribution in [-0.4, -0.2) is 31.7 Å². The summed E-state index contributed by atoms with van der Waals surface area (Å²) >= 11 is 0. The van der Waals surface area contributed by atoms with Gasteiger partial charge >= 0.3 is 0 Å². The number of nitrogens with zero attached hydrogens (tertiary/aromatic N) is 1. The Balaban J connectivity index is 2.14. The van der Waals surface area contributed by atoms with Crippen molar-refractivity contribution < 1.29 is 18.3 Å². The molecule has 0 heterocycles. The van der Waals surface area contributed by atoms with Crippen LogP contribution in [0.2, 0.25) is 0 Å². The fraction of sp³-hybridized carbons (Fsp3) is 0.278. The average molecular weight is 347 g/mol. The molecular weight excluding hydrogens is 326 g/mol. The van der Waals surface area contributed by atoms with E-state index in [1.54, 1.807) is 30.3 Å². The van der Waals surface area contributed by atoms with Crippen LogP contribution >= 0.6 is 0 Å². The third kappa shape index (κ3) is 4.14. The number of hydrogen-bond acceptors (Lipinski definition) is 4. The molecule has 6 heteroatoms. The molecule has 0 spiro atoms. The molecule has 128 valence electrons. The van der Waals surface area contributed by atoms with Crippen LogP contribution in [0.1, 0.15) is 18.9 Å². The van der Waals surface area contributed by atoms with Gasteiger partial charge in [0.15, 0.2) is 9.84 Å². The van der Waals surface area contributed by atoms with Gasteiger partial charge in [0.2, 0.25) is 5.91 Å². The molecule has 2 rings (SSSR count). The summed E-state index contributed by atoms with van der Waals surface area (Å²) in [5.41, 5.74) is 1.44. The lowest BCUT2D eigenvalue weighted by Crippen LogP contribution is -2.32. The molecule has 0 bridgehead atoms. The zero-order valence-corrected chi connectivity index (χ0v) is 14.6. The van der Waals surface area contributed by atoms with E-state index in [1.165, 1.54) is 23.1 Å². The topological polar surface area (TPSA) is 74.7 Å². The van der Waals surface area contributed by atoms with Crippen molar-refractivity contribution in [1.29, 1.82) is 0 Å². The summed E-state index contributed by atoms with van der Waals surface area (Å²) in [5.74, 6) is -0.464. The van der Waals surface area contributed by atoms with E-state index in [-0.39, 0.29) is 28.7 Å². The second-order valence-electron chi connectivity index (χ2n) is 5.49. The molecule has 0 aliphatic carbocycles. The van der Waals surface area contributed by atoms with E-state index in [4.69, 9.17) is 0 Å². The Bertz CT molecular complexity index is 816. The maximum Gasteiger partial charge on any atom is 0.228 e. The number of aryl methyl sites for hydroxylation is 1. The molecule has 1 N–H and O–H groups in total. The first kappa shape index (κ1) is 18.0. The first-order chi connectivity index (χ1) is 11.3. The van der Waals surface area contributed by atoms with Gasteiger partial charge in [-0.15, -0.1) is 0 Å². The number of anilines is 1. The lowest BCUT2D eigenvalue weighted by atomic mass is 10.1. The Morgan fingerprint density at radius 3 is 2.42 bits per heavy atom. The van der Waals surface area contributed by atoms with Crippen molar-refractivity contribution in [1.82, 2.24) is 0 Å². The quantitative estimate of drug-likeness (QED) is 0.872. The molecule has 2 aromatic carbocycles. The number of hydrogen-bond donors (Lipinski definition) is 1. The molecule has 0 saturated carbocycles.